The minimum atomic E-state index is 0.708. The largest absolute Gasteiger partial charge is 0.397 e. The zero-order valence-corrected chi connectivity index (χ0v) is 10.9. The Morgan fingerprint density at radius 1 is 1.00 bits per heavy atom. The molecule has 2 N–H and O–H groups in total. The first-order valence-corrected chi connectivity index (χ1v) is 5.88. The van der Waals surface area contributed by atoms with Gasteiger partial charge in [0, 0.05) is 19.4 Å². The SMILES string of the molecule is Nc1c(Br)cc(Br)c2cc(Cl)ccc12. The van der Waals surface area contributed by atoms with Gasteiger partial charge < -0.3 is 5.73 Å². The predicted octanol–water partition coefficient (Wildman–Crippen LogP) is 4.60. The number of halogens is 3. The molecule has 0 saturated carbocycles. The summed E-state index contributed by atoms with van der Waals surface area (Å²) in [5, 5.41) is 2.73. The Balaban J connectivity index is 2.94. The molecule has 0 aromatic heterocycles. The van der Waals surface area contributed by atoms with Crippen molar-refractivity contribution >= 4 is 59.9 Å². The highest BCUT2D eigenvalue weighted by Gasteiger charge is 2.06. The summed E-state index contributed by atoms with van der Waals surface area (Å²) in [4.78, 5) is 0. The lowest BCUT2D eigenvalue weighted by molar-refractivity contribution is 1.65. The van der Waals surface area contributed by atoms with Gasteiger partial charge in [0.25, 0.3) is 0 Å². The third-order valence-electron chi connectivity index (χ3n) is 2.04. The van der Waals surface area contributed by atoms with Gasteiger partial charge in [-0.3, -0.25) is 0 Å². The summed E-state index contributed by atoms with van der Waals surface area (Å²) >= 11 is 12.8. The number of nitrogen functional groups attached to an aromatic ring is 1. The van der Waals surface area contributed by atoms with Crippen LogP contribution in [0.5, 0.6) is 0 Å². The molecule has 0 atom stereocenters. The Morgan fingerprint density at radius 3 is 2.43 bits per heavy atom. The molecule has 0 fully saturated rings. The molecule has 2 aromatic rings. The first kappa shape index (κ1) is 10.3. The molecule has 0 aliphatic heterocycles. The molecule has 14 heavy (non-hydrogen) atoms. The molecule has 0 radical (unpaired) electrons. The van der Waals surface area contributed by atoms with Crippen LogP contribution < -0.4 is 5.73 Å². The summed E-state index contributed by atoms with van der Waals surface area (Å²) in [6.07, 6.45) is 0. The highest BCUT2D eigenvalue weighted by atomic mass is 79.9. The van der Waals surface area contributed by atoms with Crippen LogP contribution in [0, 0.1) is 0 Å². The van der Waals surface area contributed by atoms with Crippen LogP contribution in [0.4, 0.5) is 5.69 Å². The van der Waals surface area contributed by atoms with Crippen molar-refractivity contribution in [1.82, 2.24) is 0 Å². The fourth-order valence-corrected chi connectivity index (χ4v) is 2.82. The molecule has 0 heterocycles. The summed E-state index contributed by atoms with van der Waals surface area (Å²) in [5.41, 5.74) is 6.66. The van der Waals surface area contributed by atoms with E-state index in [1.165, 1.54) is 0 Å². The standard InChI is InChI=1S/C10H6Br2ClN/c11-8-4-9(12)10(14)6-2-1-5(13)3-7(6)8/h1-4H,14H2. The molecule has 0 saturated heterocycles. The van der Waals surface area contributed by atoms with E-state index in [1.54, 1.807) is 0 Å². The highest BCUT2D eigenvalue weighted by Crippen LogP contribution is 2.35. The summed E-state index contributed by atoms with van der Waals surface area (Å²) in [5.74, 6) is 0. The Hall–Kier alpha value is -0.250. The van der Waals surface area contributed by atoms with Gasteiger partial charge in [-0.2, -0.15) is 0 Å². The maximum absolute atomic E-state index is 5.93. The van der Waals surface area contributed by atoms with Gasteiger partial charge in [0.1, 0.15) is 0 Å². The molecule has 0 aliphatic rings. The zero-order valence-electron chi connectivity index (χ0n) is 7.02. The molecule has 2 rings (SSSR count). The van der Waals surface area contributed by atoms with Crippen molar-refractivity contribution in [3.63, 3.8) is 0 Å². The van der Waals surface area contributed by atoms with E-state index in [0.717, 1.165) is 25.4 Å². The topological polar surface area (TPSA) is 26.0 Å². The first-order chi connectivity index (χ1) is 6.59. The van der Waals surface area contributed by atoms with Crippen LogP contribution in [0.2, 0.25) is 5.02 Å². The fraction of sp³-hybridized carbons (Fsp3) is 0. The van der Waals surface area contributed by atoms with Gasteiger partial charge in [-0.05, 0) is 39.5 Å². The number of benzene rings is 2. The van der Waals surface area contributed by atoms with Gasteiger partial charge >= 0.3 is 0 Å². The van der Waals surface area contributed by atoms with Crippen LogP contribution in [0.15, 0.2) is 33.2 Å². The lowest BCUT2D eigenvalue weighted by Gasteiger charge is -2.07. The Bertz CT molecular complexity index is 511. The van der Waals surface area contributed by atoms with Crippen molar-refractivity contribution in [1.29, 1.82) is 0 Å². The van der Waals surface area contributed by atoms with Crippen molar-refractivity contribution in [2.24, 2.45) is 0 Å². The van der Waals surface area contributed by atoms with Crippen molar-refractivity contribution in [2.75, 3.05) is 5.73 Å². The second kappa shape index (κ2) is 3.72. The van der Waals surface area contributed by atoms with E-state index in [-0.39, 0.29) is 0 Å². The van der Waals surface area contributed by atoms with Crippen LogP contribution in [-0.4, -0.2) is 0 Å². The molecule has 0 spiro atoms. The summed E-state index contributed by atoms with van der Waals surface area (Å²) in [6.45, 7) is 0. The van der Waals surface area contributed by atoms with Crippen LogP contribution >= 0.6 is 43.5 Å². The van der Waals surface area contributed by atoms with E-state index in [9.17, 15) is 0 Å². The van der Waals surface area contributed by atoms with E-state index >= 15 is 0 Å². The minimum Gasteiger partial charge on any atom is -0.397 e. The third-order valence-corrected chi connectivity index (χ3v) is 3.59. The average molecular weight is 335 g/mol. The molecule has 0 unspecified atom stereocenters. The van der Waals surface area contributed by atoms with E-state index in [2.05, 4.69) is 31.9 Å². The van der Waals surface area contributed by atoms with Crippen LogP contribution in [0.25, 0.3) is 10.8 Å². The van der Waals surface area contributed by atoms with E-state index in [1.807, 2.05) is 24.3 Å². The van der Waals surface area contributed by atoms with Crippen LogP contribution in [0.1, 0.15) is 0 Å². The average Bonchev–Trinajstić information content (AvgIpc) is 2.14. The van der Waals surface area contributed by atoms with Gasteiger partial charge in [0.05, 0.1) is 5.69 Å². The van der Waals surface area contributed by atoms with E-state index in [4.69, 9.17) is 17.3 Å². The number of fused-ring (bicyclic) bond motifs is 1. The maximum Gasteiger partial charge on any atom is 0.0538 e. The van der Waals surface area contributed by atoms with Crippen molar-refractivity contribution in [3.8, 4) is 0 Å². The van der Waals surface area contributed by atoms with E-state index < -0.39 is 0 Å². The van der Waals surface area contributed by atoms with Crippen LogP contribution in [0.3, 0.4) is 0 Å². The van der Waals surface area contributed by atoms with Crippen LogP contribution in [-0.2, 0) is 0 Å². The van der Waals surface area contributed by atoms with Crippen molar-refractivity contribution < 1.29 is 0 Å². The lowest BCUT2D eigenvalue weighted by Crippen LogP contribution is -1.89. The second-order valence-corrected chi connectivity index (χ2v) is 5.09. The quantitative estimate of drug-likeness (QED) is 0.700. The highest BCUT2D eigenvalue weighted by molar-refractivity contribution is 9.11. The molecule has 4 heteroatoms. The van der Waals surface area contributed by atoms with Gasteiger partial charge in [-0.25, -0.2) is 0 Å². The first-order valence-electron chi connectivity index (χ1n) is 3.92. The predicted molar refractivity (Wildman–Crippen MR) is 68.8 cm³/mol. The summed E-state index contributed by atoms with van der Waals surface area (Å²) < 4.78 is 1.87. The fourth-order valence-electron chi connectivity index (χ4n) is 1.34. The normalized spacial score (nSPS) is 10.8. The molecule has 0 aliphatic carbocycles. The molecule has 1 nitrogen and oxygen atoms in total. The lowest BCUT2D eigenvalue weighted by atomic mass is 10.1. The Morgan fingerprint density at radius 2 is 1.71 bits per heavy atom. The number of hydrogen-bond acceptors (Lipinski definition) is 1. The molecule has 0 bridgehead atoms. The zero-order chi connectivity index (χ0) is 10.3. The number of anilines is 1. The van der Waals surface area contributed by atoms with Gasteiger partial charge in [0.2, 0.25) is 0 Å². The number of nitrogens with two attached hydrogens (primary N) is 1. The summed E-state index contributed by atoms with van der Waals surface area (Å²) in [7, 11) is 0. The molecular weight excluding hydrogens is 329 g/mol. The van der Waals surface area contributed by atoms with Crippen molar-refractivity contribution in [3.05, 3.63) is 38.2 Å². The third kappa shape index (κ3) is 1.64. The van der Waals surface area contributed by atoms with Crippen molar-refractivity contribution in [2.45, 2.75) is 0 Å². The van der Waals surface area contributed by atoms with E-state index in [0.29, 0.717) is 5.02 Å². The summed E-state index contributed by atoms with van der Waals surface area (Å²) in [6, 6.07) is 7.57. The molecular formula is C10H6Br2ClN. The number of hydrogen-bond donors (Lipinski definition) is 1. The maximum atomic E-state index is 5.93. The van der Waals surface area contributed by atoms with Gasteiger partial charge in [0.15, 0.2) is 0 Å². The Labute approximate surface area is 103 Å². The smallest absolute Gasteiger partial charge is 0.0538 e. The second-order valence-electron chi connectivity index (χ2n) is 2.94. The minimum absolute atomic E-state index is 0.708. The molecule has 0 amide bonds. The monoisotopic (exact) mass is 333 g/mol. The van der Waals surface area contributed by atoms with Gasteiger partial charge in [-0.15, -0.1) is 0 Å². The molecule has 72 valence electrons. The Kier molecular flexibility index (Phi) is 2.73. The van der Waals surface area contributed by atoms with Gasteiger partial charge in [-0.1, -0.05) is 33.6 Å². The molecule has 2 aromatic carbocycles. The number of rotatable bonds is 0.